The third-order valence-corrected chi connectivity index (χ3v) is 5.49. The molecule has 0 radical (unpaired) electrons. The molecule has 1 aliphatic rings. The molecule has 3 rings (SSSR count). The first-order valence-electron chi connectivity index (χ1n) is 7.86. The number of carbonyl (C=O) groups excluding carboxylic acids is 1. The number of sulfonamides is 1. The molecule has 5 nitrogen and oxygen atoms in total. The van der Waals surface area contributed by atoms with Gasteiger partial charge in [0.25, 0.3) is 5.91 Å². The molecule has 1 amide bonds. The summed E-state index contributed by atoms with van der Waals surface area (Å²) in [6.07, 6.45) is 1.70. The van der Waals surface area contributed by atoms with E-state index in [1.54, 1.807) is 30.3 Å². The summed E-state index contributed by atoms with van der Waals surface area (Å²) >= 11 is 0. The molecule has 0 spiro atoms. The van der Waals surface area contributed by atoms with Crippen LogP contribution in [0.2, 0.25) is 0 Å². The molecule has 132 valence electrons. The monoisotopic (exact) mass is 362 g/mol. The lowest BCUT2D eigenvalue weighted by Crippen LogP contribution is -2.34. The summed E-state index contributed by atoms with van der Waals surface area (Å²) in [5.74, 6) is -0.935. The van der Waals surface area contributed by atoms with Gasteiger partial charge in [-0.2, -0.15) is 0 Å². The van der Waals surface area contributed by atoms with E-state index in [2.05, 4.69) is 5.32 Å². The van der Waals surface area contributed by atoms with Gasteiger partial charge in [-0.3, -0.25) is 9.10 Å². The van der Waals surface area contributed by atoms with Gasteiger partial charge < -0.3 is 5.32 Å². The van der Waals surface area contributed by atoms with Crippen molar-refractivity contribution in [2.24, 2.45) is 0 Å². The fourth-order valence-corrected chi connectivity index (χ4v) is 4.44. The highest BCUT2D eigenvalue weighted by molar-refractivity contribution is 7.92. The second-order valence-corrected chi connectivity index (χ2v) is 8.25. The van der Waals surface area contributed by atoms with Crippen molar-refractivity contribution >= 4 is 27.3 Å². The largest absolute Gasteiger partial charge is 0.319 e. The van der Waals surface area contributed by atoms with E-state index in [0.717, 1.165) is 11.1 Å². The number of amides is 1. The highest BCUT2D eigenvalue weighted by Crippen LogP contribution is 2.34. The number of anilines is 2. The van der Waals surface area contributed by atoms with Crippen LogP contribution in [0.4, 0.5) is 15.8 Å². The standard InChI is InChI=1S/C18H19FN2O3S/c1-11-4-6-15(19)16(8-11)20-18(22)13-5-7-17-14(10-13)9-12(2)21(17)25(3,23)24/h4-8,10,12H,9H2,1-3H3,(H,20,22). The van der Waals surface area contributed by atoms with Gasteiger partial charge in [0.15, 0.2) is 0 Å². The number of nitrogens with one attached hydrogen (secondary N) is 1. The number of hydrogen-bond donors (Lipinski definition) is 1. The molecule has 1 atom stereocenters. The van der Waals surface area contributed by atoms with Crippen LogP contribution in [-0.2, 0) is 16.4 Å². The van der Waals surface area contributed by atoms with Crippen LogP contribution in [0.3, 0.4) is 0 Å². The zero-order valence-corrected chi connectivity index (χ0v) is 15.0. The minimum absolute atomic E-state index is 0.122. The van der Waals surface area contributed by atoms with Crippen molar-refractivity contribution in [3.05, 3.63) is 58.9 Å². The van der Waals surface area contributed by atoms with Crippen LogP contribution >= 0.6 is 0 Å². The SMILES string of the molecule is Cc1ccc(F)c(NC(=O)c2ccc3c(c2)CC(C)N3S(C)(=O)=O)c1. The molecule has 0 saturated heterocycles. The van der Waals surface area contributed by atoms with E-state index in [9.17, 15) is 17.6 Å². The molecule has 0 saturated carbocycles. The Balaban J connectivity index is 1.89. The smallest absolute Gasteiger partial charge is 0.255 e. The minimum atomic E-state index is -3.37. The maximum Gasteiger partial charge on any atom is 0.255 e. The Hall–Kier alpha value is -2.41. The Morgan fingerprint density at radius 1 is 1.24 bits per heavy atom. The van der Waals surface area contributed by atoms with Crippen molar-refractivity contribution in [1.82, 2.24) is 0 Å². The predicted molar refractivity (Wildman–Crippen MR) is 96.0 cm³/mol. The van der Waals surface area contributed by atoms with Crippen LogP contribution in [0.15, 0.2) is 36.4 Å². The lowest BCUT2D eigenvalue weighted by molar-refractivity contribution is 0.102. The van der Waals surface area contributed by atoms with Crippen molar-refractivity contribution < 1.29 is 17.6 Å². The molecular weight excluding hydrogens is 343 g/mol. The molecule has 1 unspecified atom stereocenters. The predicted octanol–water partition coefficient (Wildman–Crippen LogP) is 3.10. The number of nitrogens with zero attached hydrogens (tertiary/aromatic N) is 1. The van der Waals surface area contributed by atoms with E-state index >= 15 is 0 Å². The number of aryl methyl sites for hydroxylation is 1. The molecule has 0 fully saturated rings. The van der Waals surface area contributed by atoms with Gasteiger partial charge in [0.1, 0.15) is 5.82 Å². The van der Waals surface area contributed by atoms with Crippen LogP contribution in [0.1, 0.15) is 28.4 Å². The number of rotatable bonds is 3. The summed E-state index contributed by atoms with van der Waals surface area (Å²) in [6.45, 7) is 3.63. The fraction of sp³-hybridized carbons (Fsp3) is 0.278. The van der Waals surface area contributed by atoms with Crippen LogP contribution in [0, 0.1) is 12.7 Å². The van der Waals surface area contributed by atoms with E-state index in [4.69, 9.17) is 0 Å². The van der Waals surface area contributed by atoms with Crippen LogP contribution in [0.25, 0.3) is 0 Å². The normalized spacial score (nSPS) is 16.6. The van der Waals surface area contributed by atoms with Crippen LogP contribution in [-0.4, -0.2) is 26.6 Å². The third-order valence-electron chi connectivity index (χ3n) is 4.22. The molecule has 1 heterocycles. The second-order valence-electron chi connectivity index (χ2n) is 6.39. The van der Waals surface area contributed by atoms with E-state index in [1.165, 1.54) is 16.6 Å². The maximum absolute atomic E-state index is 13.8. The average Bonchev–Trinajstić information content (AvgIpc) is 2.85. The molecule has 7 heteroatoms. The van der Waals surface area contributed by atoms with Gasteiger partial charge in [-0.15, -0.1) is 0 Å². The second kappa shape index (κ2) is 6.15. The summed E-state index contributed by atoms with van der Waals surface area (Å²) in [5.41, 5.74) is 2.70. The zero-order chi connectivity index (χ0) is 18.4. The summed E-state index contributed by atoms with van der Waals surface area (Å²) in [5, 5.41) is 2.57. The molecular formula is C18H19FN2O3S. The van der Waals surface area contributed by atoms with Gasteiger partial charge in [0.2, 0.25) is 10.0 Å². The van der Waals surface area contributed by atoms with Gasteiger partial charge in [0, 0.05) is 11.6 Å². The molecule has 0 bridgehead atoms. The van der Waals surface area contributed by atoms with Crippen molar-refractivity contribution in [3.8, 4) is 0 Å². The Labute approximate surface area is 146 Å². The van der Waals surface area contributed by atoms with Crippen molar-refractivity contribution in [3.63, 3.8) is 0 Å². The van der Waals surface area contributed by atoms with E-state index in [0.29, 0.717) is 17.7 Å². The van der Waals surface area contributed by atoms with Gasteiger partial charge in [0.05, 0.1) is 17.6 Å². The van der Waals surface area contributed by atoms with Gasteiger partial charge in [-0.1, -0.05) is 6.07 Å². The van der Waals surface area contributed by atoms with Gasteiger partial charge in [-0.05, 0) is 61.7 Å². The molecule has 0 aromatic heterocycles. The summed E-state index contributed by atoms with van der Waals surface area (Å²) in [4.78, 5) is 12.4. The summed E-state index contributed by atoms with van der Waals surface area (Å²) < 4.78 is 39.1. The minimum Gasteiger partial charge on any atom is -0.319 e. The van der Waals surface area contributed by atoms with Crippen molar-refractivity contribution in [2.45, 2.75) is 26.3 Å². The lowest BCUT2D eigenvalue weighted by atomic mass is 10.1. The zero-order valence-electron chi connectivity index (χ0n) is 14.2. The Kier molecular flexibility index (Phi) is 4.28. The molecule has 2 aromatic carbocycles. The van der Waals surface area contributed by atoms with Crippen LogP contribution < -0.4 is 9.62 Å². The van der Waals surface area contributed by atoms with E-state index < -0.39 is 21.7 Å². The van der Waals surface area contributed by atoms with E-state index in [1.807, 2.05) is 13.8 Å². The molecule has 25 heavy (non-hydrogen) atoms. The lowest BCUT2D eigenvalue weighted by Gasteiger charge is -2.21. The number of benzene rings is 2. The quantitative estimate of drug-likeness (QED) is 0.912. The van der Waals surface area contributed by atoms with Crippen LogP contribution in [0.5, 0.6) is 0 Å². The first-order valence-corrected chi connectivity index (χ1v) is 9.71. The molecule has 0 aliphatic carbocycles. The molecule has 1 N–H and O–H groups in total. The number of fused-ring (bicyclic) bond motifs is 1. The maximum atomic E-state index is 13.8. The van der Waals surface area contributed by atoms with E-state index in [-0.39, 0.29) is 11.7 Å². The third kappa shape index (κ3) is 3.37. The summed E-state index contributed by atoms with van der Waals surface area (Å²) in [6, 6.07) is 9.14. The van der Waals surface area contributed by atoms with Crippen molar-refractivity contribution in [1.29, 1.82) is 0 Å². The highest BCUT2D eigenvalue weighted by Gasteiger charge is 2.32. The van der Waals surface area contributed by atoms with Gasteiger partial charge in [-0.25, -0.2) is 12.8 Å². The molecule has 2 aromatic rings. The van der Waals surface area contributed by atoms with Crippen molar-refractivity contribution in [2.75, 3.05) is 15.9 Å². The first-order chi connectivity index (χ1) is 11.7. The first kappa shape index (κ1) is 17.4. The highest BCUT2D eigenvalue weighted by atomic mass is 32.2. The summed E-state index contributed by atoms with van der Waals surface area (Å²) in [7, 11) is -3.37. The number of halogens is 1. The Bertz CT molecular complexity index is 957. The average molecular weight is 362 g/mol. The fourth-order valence-electron chi connectivity index (χ4n) is 3.18. The number of carbonyl (C=O) groups is 1. The number of hydrogen-bond acceptors (Lipinski definition) is 3. The Morgan fingerprint density at radius 2 is 1.96 bits per heavy atom. The van der Waals surface area contributed by atoms with Gasteiger partial charge >= 0.3 is 0 Å². The molecule has 1 aliphatic heterocycles. The Morgan fingerprint density at radius 3 is 2.64 bits per heavy atom. The topological polar surface area (TPSA) is 66.5 Å².